The molecule has 0 spiro atoms. The minimum atomic E-state index is -0.494. The third-order valence-electron chi connectivity index (χ3n) is 3.07. The largest absolute Gasteiger partial charge is 0.504 e. The van der Waals surface area contributed by atoms with E-state index in [1.54, 1.807) is 24.3 Å². The van der Waals surface area contributed by atoms with Crippen molar-refractivity contribution in [2.24, 2.45) is 0 Å². The van der Waals surface area contributed by atoms with E-state index in [0.717, 1.165) is 0 Å². The topological polar surface area (TPSA) is 76.0 Å². The molecule has 22 heavy (non-hydrogen) atoms. The highest BCUT2D eigenvalue weighted by atomic mass is 16.5. The van der Waals surface area contributed by atoms with Crippen LogP contribution in [0.2, 0.25) is 0 Å². The molecule has 0 heterocycles. The molecule has 116 valence electrons. The molecule has 2 aromatic rings. The zero-order chi connectivity index (χ0) is 16.3. The van der Waals surface area contributed by atoms with Crippen molar-refractivity contribution in [2.45, 2.75) is 20.0 Å². The molecule has 0 bridgehead atoms. The molecule has 2 N–H and O–H groups in total. The van der Waals surface area contributed by atoms with Crippen LogP contribution < -0.4 is 9.47 Å². The van der Waals surface area contributed by atoms with Crippen LogP contribution in [0, 0.1) is 0 Å². The van der Waals surface area contributed by atoms with Gasteiger partial charge in [0.05, 0.1) is 18.8 Å². The van der Waals surface area contributed by atoms with E-state index in [1.807, 2.05) is 13.8 Å². The van der Waals surface area contributed by atoms with Crippen LogP contribution in [-0.2, 0) is 0 Å². The van der Waals surface area contributed by atoms with Gasteiger partial charge in [0, 0.05) is 5.56 Å². The van der Waals surface area contributed by atoms with E-state index in [1.165, 1.54) is 19.2 Å². The summed E-state index contributed by atoms with van der Waals surface area (Å²) in [5, 5.41) is 19.7. The molecule has 0 unspecified atom stereocenters. The van der Waals surface area contributed by atoms with E-state index in [-0.39, 0.29) is 17.4 Å². The molecule has 0 aliphatic carbocycles. The Morgan fingerprint density at radius 3 is 2.18 bits per heavy atom. The number of rotatable bonds is 5. The normalized spacial score (nSPS) is 10.5. The second-order valence-electron chi connectivity index (χ2n) is 5.03. The van der Waals surface area contributed by atoms with Gasteiger partial charge in [0.2, 0.25) is 5.75 Å². The van der Waals surface area contributed by atoms with Crippen molar-refractivity contribution < 1.29 is 24.5 Å². The Labute approximate surface area is 128 Å². The van der Waals surface area contributed by atoms with Crippen molar-refractivity contribution >= 4 is 5.78 Å². The van der Waals surface area contributed by atoms with E-state index < -0.39 is 17.3 Å². The van der Waals surface area contributed by atoms with Crippen LogP contribution in [0.4, 0.5) is 0 Å². The average Bonchev–Trinajstić information content (AvgIpc) is 2.49. The lowest BCUT2D eigenvalue weighted by molar-refractivity contribution is 0.103. The van der Waals surface area contributed by atoms with E-state index in [4.69, 9.17) is 9.47 Å². The number of benzene rings is 2. The summed E-state index contributed by atoms with van der Waals surface area (Å²) in [6, 6.07) is 9.44. The monoisotopic (exact) mass is 302 g/mol. The van der Waals surface area contributed by atoms with Gasteiger partial charge in [0.25, 0.3) is 0 Å². The fraction of sp³-hybridized carbons (Fsp3) is 0.235. The van der Waals surface area contributed by atoms with E-state index in [9.17, 15) is 15.0 Å². The molecule has 2 aromatic carbocycles. The van der Waals surface area contributed by atoms with E-state index in [0.29, 0.717) is 11.3 Å². The van der Waals surface area contributed by atoms with Gasteiger partial charge in [-0.25, -0.2) is 0 Å². The first-order chi connectivity index (χ1) is 10.4. The van der Waals surface area contributed by atoms with Crippen molar-refractivity contribution in [3.05, 3.63) is 47.5 Å². The Morgan fingerprint density at radius 1 is 1.00 bits per heavy atom. The maximum absolute atomic E-state index is 12.4. The number of phenols is 2. The van der Waals surface area contributed by atoms with Crippen LogP contribution >= 0.6 is 0 Å². The zero-order valence-electron chi connectivity index (χ0n) is 12.7. The highest BCUT2D eigenvalue weighted by Crippen LogP contribution is 2.38. The van der Waals surface area contributed by atoms with Gasteiger partial charge in [-0.15, -0.1) is 0 Å². The summed E-state index contributed by atoms with van der Waals surface area (Å²) in [5.74, 6) is -0.574. The first kappa shape index (κ1) is 15.7. The van der Waals surface area contributed by atoms with Crippen LogP contribution in [0.1, 0.15) is 29.8 Å². The van der Waals surface area contributed by atoms with Gasteiger partial charge in [-0.2, -0.15) is 0 Å². The molecule has 0 aromatic heterocycles. The summed E-state index contributed by atoms with van der Waals surface area (Å²) in [5.41, 5.74) is 0.395. The van der Waals surface area contributed by atoms with Crippen molar-refractivity contribution in [1.82, 2.24) is 0 Å². The number of hydrogen-bond acceptors (Lipinski definition) is 5. The highest BCUT2D eigenvalue weighted by molar-refractivity contribution is 6.11. The Balaban J connectivity index is 2.30. The number of aromatic hydroxyl groups is 2. The lowest BCUT2D eigenvalue weighted by Crippen LogP contribution is -2.06. The molecule has 0 radical (unpaired) electrons. The second kappa shape index (κ2) is 6.39. The van der Waals surface area contributed by atoms with Crippen LogP contribution in [0.25, 0.3) is 0 Å². The minimum Gasteiger partial charge on any atom is -0.504 e. The number of ether oxygens (including phenoxy) is 2. The molecule has 5 heteroatoms. The SMILES string of the molecule is COc1ccc(C(=O)c2ccc(OC(C)C)cc2)c(O)c1O. The Hall–Kier alpha value is -2.69. The number of hydrogen-bond donors (Lipinski definition) is 2. The number of carbonyl (C=O) groups is 1. The molecule has 0 atom stereocenters. The first-order valence-electron chi connectivity index (χ1n) is 6.84. The van der Waals surface area contributed by atoms with Gasteiger partial charge >= 0.3 is 0 Å². The van der Waals surface area contributed by atoms with Gasteiger partial charge in [-0.3, -0.25) is 4.79 Å². The minimum absolute atomic E-state index is 0.0100. The molecule has 5 nitrogen and oxygen atoms in total. The van der Waals surface area contributed by atoms with Gasteiger partial charge in [-0.1, -0.05) is 0 Å². The number of ketones is 1. The Morgan fingerprint density at radius 2 is 1.64 bits per heavy atom. The summed E-state index contributed by atoms with van der Waals surface area (Å²) < 4.78 is 10.4. The third kappa shape index (κ3) is 3.14. The van der Waals surface area contributed by atoms with Gasteiger partial charge < -0.3 is 19.7 Å². The van der Waals surface area contributed by atoms with Crippen LogP contribution in [0.3, 0.4) is 0 Å². The second-order valence-corrected chi connectivity index (χ2v) is 5.03. The highest BCUT2D eigenvalue weighted by Gasteiger charge is 2.19. The van der Waals surface area contributed by atoms with Crippen LogP contribution in [0.5, 0.6) is 23.0 Å². The smallest absolute Gasteiger partial charge is 0.201 e. The lowest BCUT2D eigenvalue weighted by atomic mass is 10.0. The number of phenolic OH excluding ortho intramolecular Hbond substituents is 2. The van der Waals surface area contributed by atoms with Crippen LogP contribution in [-0.4, -0.2) is 29.2 Å². The fourth-order valence-corrected chi connectivity index (χ4v) is 2.02. The quantitative estimate of drug-likeness (QED) is 0.655. The summed E-state index contributed by atoms with van der Waals surface area (Å²) in [4.78, 5) is 12.4. The summed E-state index contributed by atoms with van der Waals surface area (Å²) >= 11 is 0. The predicted octanol–water partition coefficient (Wildman–Crippen LogP) is 3.12. The molecule has 2 rings (SSSR count). The molecular formula is C17H18O5. The number of methoxy groups -OCH3 is 1. The summed E-state index contributed by atoms with van der Waals surface area (Å²) in [7, 11) is 1.36. The molecule has 0 amide bonds. The van der Waals surface area contributed by atoms with Crippen molar-refractivity contribution in [1.29, 1.82) is 0 Å². The standard InChI is InChI=1S/C17H18O5/c1-10(2)22-12-6-4-11(5-7-12)15(18)13-8-9-14(21-3)17(20)16(13)19/h4-10,19-20H,1-3H3. The van der Waals surface area contributed by atoms with E-state index in [2.05, 4.69) is 0 Å². The Bertz CT molecular complexity index is 674. The Kier molecular flexibility index (Phi) is 4.56. The van der Waals surface area contributed by atoms with Crippen molar-refractivity contribution in [3.63, 3.8) is 0 Å². The zero-order valence-corrected chi connectivity index (χ0v) is 12.7. The van der Waals surface area contributed by atoms with Crippen molar-refractivity contribution in [2.75, 3.05) is 7.11 Å². The van der Waals surface area contributed by atoms with Gasteiger partial charge in [0.1, 0.15) is 5.75 Å². The van der Waals surface area contributed by atoms with Gasteiger partial charge in [0.15, 0.2) is 17.3 Å². The molecule has 0 fully saturated rings. The third-order valence-corrected chi connectivity index (χ3v) is 3.07. The van der Waals surface area contributed by atoms with Crippen LogP contribution in [0.15, 0.2) is 36.4 Å². The maximum Gasteiger partial charge on any atom is 0.201 e. The molecule has 0 saturated heterocycles. The maximum atomic E-state index is 12.4. The molecule has 0 aliphatic heterocycles. The molecule has 0 aliphatic rings. The molecular weight excluding hydrogens is 284 g/mol. The molecule has 0 saturated carbocycles. The first-order valence-corrected chi connectivity index (χ1v) is 6.84. The van der Waals surface area contributed by atoms with Gasteiger partial charge in [-0.05, 0) is 50.2 Å². The number of carbonyl (C=O) groups excluding carboxylic acids is 1. The van der Waals surface area contributed by atoms with E-state index >= 15 is 0 Å². The fourth-order valence-electron chi connectivity index (χ4n) is 2.02. The van der Waals surface area contributed by atoms with Crippen molar-refractivity contribution in [3.8, 4) is 23.0 Å². The lowest BCUT2D eigenvalue weighted by Gasteiger charge is -2.11. The summed E-state index contributed by atoms with van der Waals surface area (Å²) in [6.07, 6.45) is 0.0455. The predicted molar refractivity (Wildman–Crippen MR) is 82.0 cm³/mol. The average molecular weight is 302 g/mol. The summed E-state index contributed by atoms with van der Waals surface area (Å²) in [6.45, 7) is 3.83.